The maximum Gasteiger partial charge on any atom is 0.0420 e. The number of halogens is 1. The van der Waals surface area contributed by atoms with Crippen LogP contribution in [0.1, 0.15) is 25.0 Å². The third kappa shape index (κ3) is 2.71. The van der Waals surface area contributed by atoms with E-state index in [1.165, 1.54) is 22.3 Å². The van der Waals surface area contributed by atoms with E-state index in [4.69, 9.17) is 0 Å². The van der Waals surface area contributed by atoms with Gasteiger partial charge in [-0.3, -0.25) is 0 Å². The lowest BCUT2D eigenvalue weighted by atomic mass is 9.90. The van der Waals surface area contributed by atoms with Crippen molar-refractivity contribution in [3.8, 4) is 11.1 Å². The molecule has 1 heteroatoms. The number of benzene rings is 2. The van der Waals surface area contributed by atoms with Crippen molar-refractivity contribution in [3.63, 3.8) is 0 Å². The van der Waals surface area contributed by atoms with Crippen LogP contribution in [-0.2, 0) is 3.42 Å². The van der Waals surface area contributed by atoms with Crippen LogP contribution in [0.4, 0.5) is 0 Å². The molecule has 0 aliphatic carbocycles. The highest BCUT2D eigenvalue weighted by molar-refractivity contribution is 14.1. The molecule has 0 radical (unpaired) electrons. The summed E-state index contributed by atoms with van der Waals surface area (Å²) in [4.78, 5) is 0. The highest BCUT2D eigenvalue weighted by Gasteiger charge is 2.20. The molecule has 0 unspecified atom stereocenters. The molecule has 0 spiro atoms. The second kappa shape index (κ2) is 4.81. The van der Waals surface area contributed by atoms with Gasteiger partial charge in [-0.05, 0) is 43.0 Å². The van der Waals surface area contributed by atoms with Gasteiger partial charge in [0, 0.05) is 3.42 Å². The molecule has 17 heavy (non-hydrogen) atoms. The molecule has 0 aromatic heterocycles. The van der Waals surface area contributed by atoms with E-state index >= 15 is 0 Å². The van der Waals surface area contributed by atoms with Crippen LogP contribution in [0.25, 0.3) is 11.1 Å². The molecule has 0 saturated heterocycles. The van der Waals surface area contributed by atoms with Gasteiger partial charge in [-0.15, -0.1) is 0 Å². The van der Waals surface area contributed by atoms with Crippen molar-refractivity contribution in [2.24, 2.45) is 0 Å². The van der Waals surface area contributed by atoms with E-state index in [2.05, 4.69) is 91.9 Å². The third-order valence-corrected chi connectivity index (χ3v) is 3.58. The molecule has 2 aromatic rings. The minimum atomic E-state index is 0.149. The first-order chi connectivity index (χ1) is 8.00. The molecule has 0 nitrogen and oxygen atoms in total. The molecular formula is C16H17I. The first-order valence-electron chi connectivity index (χ1n) is 5.84. The predicted octanol–water partition coefficient (Wildman–Crippen LogP) is 5.33. The quantitative estimate of drug-likeness (QED) is 0.513. The summed E-state index contributed by atoms with van der Waals surface area (Å²) >= 11 is 2.51. The maximum absolute atomic E-state index is 2.51. The Bertz CT molecular complexity index is 521. The van der Waals surface area contributed by atoms with Crippen LogP contribution in [0, 0.1) is 6.92 Å². The second-order valence-electron chi connectivity index (χ2n) is 4.83. The Balaban J connectivity index is 2.65. The highest BCUT2D eigenvalue weighted by Crippen LogP contribution is 2.38. The topological polar surface area (TPSA) is 0 Å². The summed E-state index contributed by atoms with van der Waals surface area (Å²) < 4.78 is 0.149. The predicted molar refractivity (Wildman–Crippen MR) is 83.7 cm³/mol. The number of aryl methyl sites for hydroxylation is 1. The van der Waals surface area contributed by atoms with Crippen LogP contribution in [-0.4, -0.2) is 0 Å². The van der Waals surface area contributed by atoms with Gasteiger partial charge < -0.3 is 0 Å². The molecule has 0 atom stereocenters. The zero-order valence-corrected chi connectivity index (χ0v) is 12.7. The van der Waals surface area contributed by atoms with Gasteiger partial charge in [-0.2, -0.15) is 0 Å². The standard InChI is InChI=1S/C16H17I/c1-12-8-4-5-9-13(12)14-10-6-7-11-15(14)16(2,3)17/h4-11H,1-3H3. The van der Waals surface area contributed by atoms with Crippen LogP contribution >= 0.6 is 22.6 Å². The smallest absolute Gasteiger partial charge is 0.0420 e. The maximum atomic E-state index is 2.51. The van der Waals surface area contributed by atoms with Crippen LogP contribution in [0.5, 0.6) is 0 Å². The first-order valence-corrected chi connectivity index (χ1v) is 6.92. The number of rotatable bonds is 2. The Labute approximate surface area is 117 Å². The van der Waals surface area contributed by atoms with Crippen molar-refractivity contribution < 1.29 is 0 Å². The molecule has 0 fully saturated rings. The Kier molecular flexibility index (Phi) is 3.57. The van der Waals surface area contributed by atoms with Gasteiger partial charge in [0.25, 0.3) is 0 Å². The van der Waals surface area contributed by atoms with E-state index in [0.29, 0.717) is 0 Å². The summed E-state index contributed by atoms with van der Waals surface area (Å²) in [6, 6.07) is 17.3. The van der Waals surface area contributed by atoms with E-state index in [1.54, 1.807) is 0 Å². The number of alkyl halides is 1. The van der Waals surface area contributed by atoms with Gasteiger partial charge in [0.2, 0.25) is 0 Å². The molecule has 0 amide bonds. The van der Waals surface area contributed by atoms with Crippen molar-refractivity contribution in [2.45, 2.75) is 24.2 Å². The van der Waals surface area contributed by atoms with Crippen molar-refractivity contribution in [1.82, 2.24) is 0 Å². The van der Waals surface area contributed by atoms with Gasteiger partial charge >= 0.3 is 0 Å². The summed E-state index contributed by atoms with van der Waals surface area (Å²) in [5, 5.41) is 0. The van der Waals surface area contributed by atoms with Crippen LogP contribution in [0.2, 0.25) is 0 Å². The zero-order valence-electron chi connectivity index (χ0n) is 10.5. The van der Waals surface area contributed by atoms with Crippen molar-refractivity contribution in [3.05, 3.63) is 59.7 Å². The van der Waals surface area contributed by atoms with Gasteiger partial charge in [-0.1, -0.05) is 71.1 Å². The molecular weight excluding hydrogens is 319 g/mol. The lowest BCUT2D eigenvalue weighted by Crippen LogP contribution is -2.08. The molecule has 2 aromatic carbocycles. The number of hydrogen-bond acceptors (Lipinski definition) is 0. The summed E-state index contributed by atoms with van der Waals surface area (Å²) in [7, 11) is 0. The van der Waals surface area contributed by atoms with Gasteiger partial charge in [0.15, 0.2) is 0 Å². The van der Waals surface area contributed by atoms with Gasteiger partial charge in [0.05, 0.1) is 0 Å². The van der Waals surface area contributed by atoms with E-state index in [1.807, 2.05) is 0 Å². The summed E-state index contributed by atoms with van der Waals surface area (Å²) in [6.45, 7) is 6.68. The van der Waals surface area contributed by atoms with E-state index in [-0.39, 0.29) is 3.42 Å². The average molecular weight is 336 g/mol. The zero-order chi connectivity index (χ0) is 12.5. The van der Waals surface area contributed by atoms with Crippen molar-refractivity contribution in [1.29, 1.82) is 0 Å². The minimum Gasteiger partial charge on any atom is -0.0742 e. The van der Waals surface area contributed by atoms with Gasteiger partial charge in [-0.25, -0.2) is 0 Å². The monoisotopic (exact) mass is 336 g/mol. The second-order valence-corrected chi connectivity index (χ2v) is 7.53. The van der Waals surface area contributed by atoms with E-state index in [9.17, 15) is 0 Å². The fourth-order valence-electron chi connectivity index (χ4n) is 2.11. The molecule has 0 saturated carbocycles. The largest absolute Gasteiger partial charge is 0.0742 e. The summed E-state index contributed by atoms with van der Waals surface area (Å²) in [5.41, 5.74) is 5.42. The van der Waals surface area contributed by atoms with Crippen molar-refractivity contribution >= 4 is 22.6 Å². The molecule has 0 bridgehead atoms. The Hall–Kier alpha value is -0.830. The normalized spacial score (nSPS) is 11.5. The average Bonchev–Trinajstić information content (AvgIpc) is 2.28. The fourth-order valence-corrected chi connectivity index (χ4v) is 2.58. The molecule has 0 aliphatic heterocycles. The van der Waals surface area contributed by atoms with Crippen LogP contribution in [0.15, 0.2) is 48.5 Å². The molecule has 0 aliphatic rings. The molecule has 88 valence electrons. The van der Waals surface area contributed by atoms with Crippen LogP contribution in [0.3, 0.4) is 0 Å². The van der Waals surface area contributed by atoms with Crippen molar-refractivity contribution in [2.75, 3.05) is 0 Å². The molecule has 2 rings (SSSR count). The van der Waals surface area contributed by atoms with E-state index in [0.717, 1.165) is 0 Å². The fraction of sp³-hybridized carbons (Fsp3) is 0.250. The lowest BCUT2D eigenvalue weighted by Gasteiger charge is -2.22. The number of hydrogen-bond donors (Lipinski definition) is 0. The first kappa shape index (κ1) is 12.6. The highest BCUT2D eigenvalue weighted by atomic mass is 127. The lowest BCUT2D eigenvalue weighted by molar-refractivity contribution is 0.829. The molecule has 0 N–H and O–H groups in total. The Morgan fingerprint density at radius 3 is 1.94 bits per heavy atom. The van der Waals surface area contributed by atoms with E-state index < -0.39 is 0 Å². The summed E-state index contributed by atoms with van der Waals surface area (Å²) in [5.74, 6) is 0. The minimum absolute atomic E-state index is 0.149. The molecule has 0 heterocycles. The Morgan fingerprint density at radius 1 is 0.824 bits per heavy atom. The van der Waals surface area contributed by atoms with Gasteiger partial charge in [0.1, 0.15) is 0 Å². The third-order valence-electron chi connectivity index (χ3n) is 3.00. The SMILES string of the molecule is Cc1ccccc1-c1ccccc1C(C)(C)I. The Morgan fingerprint density at radius 2 is 1.35 bits per heavy atom. The van der Waals surface area contributed by atoms with Crippen LogP contribution < -0.4 is 0 Å². The summed E-state index contributed by atoms with van der Waals surface area (Å²) in [6.07, 6.45) is 0.